The minimum absolute atomic E-state index is 0.0990. The topological polar surface area (TPSA) is 108 Å². The zero-order valence-corrected chi connectivity index (χ0v) is 11.8. The van der Waals surface area contributed by atoms with E-state index in [1.54, 1.807) is 30.7 Å². The third kappa shape index (κ3) is 2.80. The average molecular weight is 298 g/mol. The van der Waals surface area contributed by atoms with Gasteiger partial charge in [0, 0.05) is 0 Å². The summed E-state index contributed by atoms with van der Waals surface area (Å²) < 4.78 is 5.32. The van der Waals surface area contributed by atoms with Gasteiger partial charge in [0.25, 0.3) is 0 Å². The molecule has 0 aliphatic rings. The Hall–Kier alpha value is -3.16. The maximum Gasteiger partial charge on any atom is 0.182 e. The second-order valence-electron chi connectivity index (χ2n) is 4.35. The molecular formula is C14H14N6O2. The average Bonchev–Trinajstić information content (AvgIpc) is 3.00. The normalized spacial score (nSPS) is 11.1. The SMILES string of the molecule is CCOc1cc(/C=N\Nc2ncnc3nc[nH]c23)ccc1O. The Balaban J connectivity index is 1.77. The van der Waals surface area contributed by atoms with Gasteiger partial charge in [-0.25, -0.2) is 15.0 Å². The van der Waals surface area contributed by atoms with Crippen molar-refractivity contribution in [3.8, 4) is 11.5 Å². The molecule has 22 heavy (non-hydrogen) atoms. The van der Waals surface area contributed by atoms with Crippen molar-refractivity contribution in [3.63, 3.8) is 0 Å². The summed E-state index contributed by atoms with van der Waals surface area (Å²) in [6.07, 6.45) is 4.56. The van der Waals surface area contributed by atoms with Crippen molar-refractivity contribution in [2.75, 3.05) is 12.0 Å². The molecule has 0 saturated carbocycles. The smallest absolute Gasteiger partial charge is 0.182 e. The largest absolute Gasteiger partial charge is 0.504 e. The highest BCUT2D eigenvalue weighted by Crippen LogP contribution is 2.26. The van der Waals surface area contributed by atoms with Crippen molar-refractivity contribution < 1.29 is 9.84 Å². The minimum Gasteiger partial charge on any atom is -0.504 e. The van der Waals surface area contributed by atoms with E-state index in [0.717, 1.165) is 5.56 Å². The first-order chi connectivity index (χ1) is 10.8. The van der Waals surface area contributed by atoms with E-state index >= 15 is 0 Å². The number of rotatable bonds is 5. The number of phenolic OH excluding ortho intramolecular Hbond substituents is 1. The monoisotopic (exact) mass is 298 g/mol. The second kappa shape index (κ2) is 6.08. The molecule has 0 fully saturated rings. The molecule has 0 spiro atoms. The zero-order valence-electron chi connectivity index (χ0n) is 11.8. The number of nitrogens with zero attached hydrogens (tertiary/aromatic N) is 4. The molecule has 0 unspecified atom stereocenters. The van der Waals surface area contributed by atoms with Gasteiger partial charge in [0.1, 0.15) is 11.8 Å². The number of ether oxygens (including phenoxy) is 1. The molecule has 0 saturated heterocycles. The Morgan fingerprint density at radius 1 is 1.36 bits per heavy atom. The Labute approximate surface area is 125 Å². The molecule has 2 heterocycles. The number of anilines is 1. The van der Waals surface area contributed by atoms with E-state index in [-0.39, 0.29) is 5.75 Å². The standard InChI is InChI=1S/C14H14N6O2/c1-2-22-11-5-9(3-4-10(11)21)6-19-20-14-12-13(16-7-15-12)17-8-18-14/h3-8,21H,2H2,1H3,(H2,15,16,17,18,20)/b19-6-. The highest BCUT2D eigenvalue weighted by molar-refractivity contribution is 5.84. The summed E-state index contributed by atoms with van der Waals surface area (Å²) in [4.78, 5) is 15.1. The van der Waals surface area contributed by atoms with Crippen LogP contribution in [0.25, 0.3) is 11.2 Å². The van der Waals surface area contributed by atoms with Crippen molar-refractivity contribution in [3.05, 3.63) is 36.4 Å². The summed E-state index contributed by atoms with van der Waals surface area (Å²) in [5.41, 5.74) is 4.86. The van der Waals surface area contributed by atoms with Crippen LogP contribution in [0.1, 0.15) is 12.5 Å². The Morgan fingerprint density at radius 2 is 2.27 bits per heavy atom. The zero-order chi connectivity index (χ0) is 15.4. The molecule has 3 rings (SSSR count). The van der Waals surface area contributed by atoms with E-state index in [9.17, 15) is 5.11 Å². The van der Waals surface area contributed by atoms with Gasteiger partial charge in [0.15, 0.2) is 23.0 Å². The second-order valence-corrected chi connectivity index (χ2v) is 4.35. The molecule has 112 valence electrons. The van der Waals surface area contributed by atoms with Crippen LogP contribution in [-0.4, -0.2) is 37.9 Å². The lowest BCUT2D eigenvalue weighted by atomic mass is 10.2. The summed E-state index contributed by atoms with van der Waals surface area (Å²) in [5.74, 6) is 1.05. The van der Waals surface area contributed by atoms with Crippen molar-refractivity contribution in [1.29, 1.82) is 0 Å². The molecule has 0 amide bonds. The fourth-order valence-electron chi connectivity index (χ4n) is 1.90. The summed E-state index contributed by atoms with van der Waals surface area (Å²) in [6, 6.07) is 4.99. The highest BCUT2D eigenvalue weighted by Gasteiger charge is 2.04. The number of imidazole rings is 1. The lowest BCUT2D eigenvalue weighted by molar-refractivity contribution is 0.318. The summed E-state index contributed by atoms with van der Waals surface area (Å²) in [5, 5.41) is 13.8. The highest BCUT2D eigenvalue weighted by atomic mass is 16.5. The number of aromatic nitrogens is 4. The van der Waals surface area contributed by atoms with Crippen LogP contribution in [0, 0.1) is 0 Å². The molecule has 3 N–H and O–H groups in total. The van der Waals surface area contributed by atoms with Crippen molar-refractivity contribution >= 4 is 23.2 Å². The van der Waals surface area contributed by atoms with Crippen LogP contribution < -0.4 is 10.2 Å². The van der Waals surface area contributed by atoms with Gasteiger partial charge in [0.05, 0.1) is 19.1 Å². The van der Waals surface area contributed by atoms with Crippen LogP contribution in [0.2, 0.25) is 0 Å². The molecule has 0 radical (unpaired) electrons. The fraction of sp³-hybridized carbons (Fsp3) is 0.143. The van der Waals surface area contributed by atoms with Gasteiger partial charge in [-0.3, -0.25) is 5.43 Å². The number of hydrazone groups is 1. The number of fused-ring (bicyclic) bond motifs is 1. The Kier molecular flexibility index (Phi) is 3.82. The number of phenols is 1. The van der Waals surface area contributed by atoms with Crippen LogP contribution in [-0.2, 0) is 0 Å². The van der Waals surface area contributed by atoms with Crippen LogP contribution in [0.3, 0.4) is 0 Å². The molecule has 0 atom stereocenters. The molecule has 8 nitrogen and oxygen atoms in total. The van der Waals surface area contributed by atoms with E-state index in [2.05, 4.69) is 30.5 Å². The molecule has 0 aliphatic carbocycles. The molecular weight excluding hydrogens is 284 g/mol. The third-order valence-corrected chi connectivity index (χ3v) is 2.89. The van der Waals surface area contributed by atoms with Gasteiger partial charge in [-0.1, -0.05) is 0 Å². The number of H-pyrrole nitrogens is 1. The lowest BCUT2D eigenvalue weighted by Gasteiger charge is -2.06. The fourth-order valence-corrected chi connectivity index (χ4v) is 1.90. The molecule has 1 aromatic carbocycles. The van der Waals surface area contributed by atoms with Gasteiger partial charge in [-0.2, -0.15) is 5.10 Å². The summed E-state index contributed by atoms with van der Waals surface area (Å²) in [7, 11) is 0. The van der Waals surface area contributed by atoms with Crippen molar-refractivity contribution in [1.82, 2.24) is 19.9 Å². The lowest BCUT2D eigenvalue weighted by Crippen LogP contribution is -1.96. The molecule has 0 aliphatic heterocycles. The predicted octanol–water partition coefficient (Wildman–Crippen LogP) is 1.90. The molecule has 8 heteroatoms. The van der Waals surface area contributed by atoms with Crippen molar-refractivity contribution in [2.45, 2.75) is 6.92 Å². The summed E-state index contributed by atoms with van der Waals surface area (Å²) >= 11 is 0. The molecule has 3 aromatic rings. The Bertz CT molecular complexity index is 814. The minimum atomic E-state index is 0.0990. The molecule has 0 bridgehead atoms. The van der Waals surface area contributed by atoms with E-state index in [1.165, 1.54) is 6.33 Å². The van der Waals surface area contributed by atoms with Crippen LogP contribution in [0.15, 0.2) is 36.0 Å². The van der Waals surface area contributed by atoms with Gasteiger partial charge in [-0.05, 0) is 30.7 Å². The quantitative estimate of drug-likeness (QED) is 0.490. The number of hydrogen-bond donors (Lipinski definition) is 3. The maximum atomic E-state index is 9.65. The Morgan fingerprint density at radius 3 is 3.14 bits per heavy atom. The first kappa shape index (κ1) is 13.8. The number of benzene rings is 1. The van der Waals surface area contributed by atoms with E-state index in [4.69, 9.17) is 4.74 Å². The number of aromatic amines is 1. The van der Waals surface area contributed by atoms with Crippen molar-refractivity contribution in [2.24, 2.45) is 5.10 Å². The first-order valence-electron chi connectivity index (χ1n) is 6.67. The third-order valence-electron chi connectivity index (χ3n) is 2.89. The predicted molar refractivity (Wildman–Crippen MR) is 82.2 cm³/mol. The number of hydrogen-bond acceptors (Lipinski definition) is 7. The maximum absolute atomic E-state index is 9.65. The molecule has 2 aromatic heterocycles. The van der Waals surface area contributed by atoms with E-state index < -0.39 is 0 Å². The first-order valence-corrected chi connectivity index (χ1v) is 6.67. The van der Waals surface area contributed by atoms with E-state index in [1.807, 2.05) is 6.92 Å². The van der Waals surface area contributed by atoms with Crippen LogP contribution in [0.5, 0.6) is 11.5 Å². The number of aromatic hydroxyl groups is 1. The van der Waals surface area contributed by atoms with Gasteiger partial charge in [-0.15, -0.1) is 0 Å². The number of nitrogens with one attached hydrogen (secondary N) is 2. The van der Waals surface area contributed by atoms with Gasteiger partial charge < -0.3 is 14.8 Å². The van der Waals surface area contributed by atoms with Crippen LogP contribution >= 0.6 is 0 Å². The van der Waals surface area contributed by atoms with Crippen LogP contribution in [0.4, 0.5) is 5.82 Å². The van der Waals surface area contributed by atoms with E-state index in [0.29, 0.717) is 29.3 Å². The van der Waals surface area contributed by atoms with Gasteiger partial charge in [0.2, 0.25) is 0 Å². The van der Waals surface area contributed by atoms with Gasteiger partial charge >= 0.3 is 0 Å². The summed E-state index contributed by atoms with van der Waals surface area (Å²) in [6.45, 7) is 2.33.